The minimum Gasteiger partial charge on any atom is -0.398 e. The van der Waals surface area contributed by atoms with Crippen molar-refractivity contribution >= 4 is 5.69 Å². The number of rotatable bonds is 4. The summed E-state index contributed by atoms with van der Waals surface area (Å²) in [4.78, 5) is 4.17. The quantitative estimate of drug-likeness (QED) is 0.812. The minimum absolute atomic E-state index is 0.393. The third-order valence-electron chi connectivity index (χ3n) is 2.97. The summed E-state index contributed by atoms with van der Waals surface area (Å²) in [6.45, 7) is 0. The highest BCUT2D eigenvalue weighted by Crippen LogP contribution is 2.24. The second-order valence-corrected chi connectivity index (χ2v) is 4.28. The third kappa shape index (κ3) is 2.68. The van der Waals surface area contributed by atoms with Crippen LogP contribution in [0.25, 0.3) is 0 Å². The van der Waals surface area contributed by atoms with Gasteiger partial charge in [-0.25, -0.2) is 9.37 Å². The molecule has 0 radical (unpaired) electrons. The Kier molecular flexibility index (Phi) is 3.62. The predicted molar refractivity (Wildman–Crippen MR) is 67.3 cm³/mol. The van der Waals surface area contributed by atoms with E-state index >= 15 is 0 Å². The lowest BCUT2D eigenvalue weighted by molar-refractivity contribution is 0.167. The minimum atomic E-state index is -0.780. The first-order valence-corrected chi connectivity index (χ1v) is 5.77. The zero-order valence-corrected chi connectivity index (χ0v) is 10.2. The van der Waals surface area contributed by atoms with E-state index < -0.39 is 11.9 Å². The number of hydrogen-bond acceptors (Lipinski definition) is 3. The molecular weight excluding hydrogens is 233 g/mol. The van der Waals surface area contributed by atoms with E-state index in [0.717, 1.165) is 5.82 Å². The molecule has 3 N–H and O–H groups in total. The Balaban J connectivity index is 2.06. The highest BCUT2D eigenvalue weighted by molar-refractivity contribution is 5.47. The van der Waals surface area contributed by atoms with E-state index in [9.17, 15) is 9.50 Å². The van der Waals surface area contributed by atoms with Gasteiger partial charge in [-0.05, 0) is 24.6 Å². The van der Waals surface area contributed by atoms with Crippen molar-refractivity contribution in [1.29, 1.82) is 0 Å². The fourth-order valence-corrected chi connectivity index (χ4v) is 1.89. The van der Waals surface area contributed by atoms with Crippen LogP contribution in [0, 0.1) is 5.82 Å². The summed E-state index contributed by atoms with van der Waals surface area (Å²) in [5.74, 6) is 0.485. The molecule has 5 heteroatoms. The molecule has 2 rings (SSSR count). The molecule has 0 aliphatic rings. The molecular formula is C13H16FN3O. The van der Waals surface area contributed by atoms with E-state index in [1.165, 1.54) is 18.2 Å². The monoisotopic (exact) mass is 249 g/mol. The zero-order chi connectivity index (χ0) is 13.1. The fraction of sp³-hybridized carbons (Fsp3) is 0.308. The Morgan fingerprint density at radius 1 is 1.50 bits per heavy atom. The average molecular weight is 249 g/mol. The molecule has 0 saturated carbocycles. The summed E-state index contributed by atoms with van der Waals surface area (Å²) in [7, 11) is 1.89. The molecule has 0 bridgehead atoms. The van der Waals surface area contributed by atoms with E-state index in [-0.39, 0.29) is 0 Å². The summed E-state index contributed by atoms with van der Waals surface area (Å²) in [6.07, 6.45) is 3.84. The molecule has 0 fully saturated rings. The van der Waals surface area contributed by atoms with Gasteiger partial charge in [-0.3, -0.25) is 0 Å². The molecule has 4 nitrogen and oxygen atoms in total. The fourth-order valence-electron chi connectivity index (χ4n) is 1.89. The molecule has 1 heterocycles. The van der Waals surface area contributed by atoms with E-state index in [2.05, 4.69) is 4.98 Å². The summed E-state index contributed by atoms with van der Waals surface area (Å²) in [5.41, 5.74) is 6.56. The van der Waals surface area contributed by atoms with Gasteiger partial charge in [-0.1, -0.05) is 0 Å². The number of aliphatic hydroxyl groups excluding tert-OH is 1. The van der Waals surface area contributed by atoms with Gasteiger partial charge in [0.05, 0.1) is 6.10 Å². The molecule has 0 spiro atoms. The van der Waals surface area contributed by atoms with Gasteiger partial charge in [0.25, 0.3) is 0 Å². The molecule has 1 unspecified atom stereocenters. The third-order valence-corrected chi connectivity index (χ3v) is 2.97. The van der Waals surface area contributed by atoms with Crippen molar-refractivity contribution in [3.63, 3.8) is 0 Å². The normalized spacial score (nSPS) is 12.6. The molecule has 0 aliphatic heterocycles. The zero-order valence-electron chi connectivity index (χ0n) is 10.2. The summed E-state index contributed by atoms with van der Waals surface area (Å²) in [5, 5.41) is 10.0. The number of nitrogens with two attached hydrogens (primary N) is 1. The molecule has 2 aromatic rings. The number of anilines is 1. The smallest absolute Gasteiger partial charge is 0.123 e. The number of nitrogens with zero attached hydrogens (tertiary/aromatic N) is 2. The van der Waals surface area contributed by atoms with Crippen molar-refractivity contribution in [2.24, 2.45) is 7.05 Å². The van der Waals surface area contributed by atoms with Crippen molar-refractivity contribution in [3.8, 4) is 0 Å². The number of halogens is 1. The van der Waals surface area contributed by atoms with Crippen LogP contribution < -0.4 is 5.73 Å². The maximum absolute atomic E-state index is 13.1. The Morgan fingerprint density at radius 2 is 2.28 bits per heavy atom. The Morgan fingerprint density at radius 3 is 2.94 bits per heavy atom. The van der Waals surface area contributed by atoms with Crippen LogP contribution in [-0.2, 0) is 13.5 Å². The first-order valence-electron chi connectivity index (χ1n) is 5.77. The van der Waals surface area contributed by atoms with Crippen LogP contribution in [0.2, 0.25) is 0 Å². The van der Waals surface area contributed by atoms with Gasteiger partial charge in [-0.15, -0.1) is 0 Å². The van der Waals surface area contributed by atoms with Crippen LogP contribution in [0.15, 0.2) is 30.6 Å². The molecule has 0 aliphatic carbocycles. The standard InChI is InChI=1S/C13H16FN3O/c1-17-7-6-16-13(17)5-4-12(18)10-8-9(14)2-3-11(10)15/h2-3,6-8,12,18H,4-5,15H2,1H3. The number of nitrogen functional groups attached to an aromatic ring is 1. The van der Waals surface area contributed by atoms with Crippen molar-refractivity contribution in [2.45, 2.75) is 18.9 Å². The first-order chi connectivity index (χ1) is 8.58. The Labute approximate surface area is 105 Å². The van der Waals surface area contributed by atoms with E-state index in [1.54, 1.807) is 6.20 Å². The van der Waals surface area contributed by atoms with E-state index in [1.807, 2.05) is 17.8 Å². The molecule has 0 amide bonds. The Hall–Kier alpha value is -1.88. The number of aliphatic hydroxyl groups is 1. The van der Waals surface area contributed by atoms with Crippen LogP contribution >= 0.6 is 0 Å². The first kappa shape index (κ1) is 12.6. The summed E-state index contributed by atoms with van der Waals surface area (Å²) >= 11 is 0. The lowest BCUT2D eigenvalue weighted by atomic mass is 10.0. The van der Waals surface area contributed by atoms with E-state index in [0.29, 0.717) is 24.1 Å². The van der Waals surface area contributed by atoms with Gasteiger partial charge in [0.15, 0.2) is 0 Å². The molecule has 1 atom stereocenters. The second-order valence-electron chi connectivity index (χ2n) is 4.28. The van der Waals surface area contributed by atoms with Crippen molar-refractivity contribution in [2.75, 3.05) is 5.73 Å². The average Bonchev–Trinajstić information content (AvgIpc) is 2.75. The molecule has 0 saturated heterocycles. The summed E-state index contributed by atoms with van der Waals surface area (Å²) in [6, 6.07) is 4.03. The number of hydrogen-bond donors (Lipinski definition) is 2. The van der Waals surface area contributed by atoms with Crippen molar-refractivity contribution < 1.29 is 9.50 Å². The lowest BCUT2D eigenvalue weighted by Crippen LogP contribution is -2.06. The Bertz CT molecular complexity index is 539. The van der Waals surface area contributed by atoms with Gasteiger partial charge in [0.2, 0.25) is 0 Å². The van der Waals surface area contributed by atoms with Crippen LogP contribution in [-0.4, -0.2) is 14.7 Å². The van der Waals surface area contributed by atoms with Crippen LogP contribution in [0.1, 0.15) is 23.9 Å². The molecule has 1 aromatic carbocycles. The van der Waals surface area contributed by atoms with Crippen LogP contribution in [0.3, 0.4) is 0 Å². The maximum Gasteiger partial charge on any atom is 0.123 e. The molecule has 18 heavy (non-hydrogen) atoms. The maximum atomic E-state index is 13.1. The molecule has 96 valence electrons. The SMILES string of the molecule is Cn1ccnc1CCC(O)c1cc(F)ccc1N. The van der Waals surface area contributed by atoms with Gasteiger partial charge in [0, 0.05) is 37.1 Å². The predicted octanol–water partition coefficient (Wildman–Crippen LogP) is 1.81. The van der Waals surface area contributed by atoms with Gasteiger partial charge >= 0.3 is 0 Å². The lowest BCUT2D eigenvalue weighted by Gasteiger charge is -2.13. The molecule has 1 aromatic heterocycles. The topological polar surface area (TPSA) is 64.1 Å². The number of aryl methyl sites for hydroxylation is 2. The second kappa shape index (κ2) is 5.18. The highest BCUT2D eigenvalue weighted by Gasteiger charge is 2.13. The van der Waals surface area contributed by atoms with Crippen LogP contribution in [0.5, 0.6) is 0 Å². The van der Waals surface area contributed by atoms with Gasteiger partial charge in [0.1, 0.15) is 11.6 Å². The van der Waals surface area contributed by atoms with Gasteiger partial charge < -0.3 is 15.4 Å². The number of imidazole rings is 1. The van der Waals surface area contributed by atoms with Crippen molar-refractivity contribution in [1.82, 2.24) is 9.55 Å². The highest BCUT2D eigenvalue weighted by atomic mass is 19.1. The van der Waals surface area contributed by atoms with Gasteiger partial charge in [-0.2, -0.15) is 0 Å². The number of benzene rings is 1. The largest absolute Gasteiger partial charge is 0.398 e. The number of aromatic nitrogens is 2. The van der Waals surface area contributed by atoms with E-state index in [4.69, 9.17) is 5.73 Å². The summed E-state index contributed by atoms with van der Waals surface area (Å²) < 4.78 is 15.0. The van der Waals surface area contributed by atoms with Crippen molar-refractivity contribution in [3.05, 3.63) is 47.8 Å². The van der Waals surface area contributed by atoms with Crippen LogP contribution in [0.4, 0.5) is 10.1 Å².